The average Bonchev–Trinajstić information content (AvgIpc) is 3.31. The molecule has 3 rings (SSSR count). The molecule has 0 unspecified atom stereocenters. The summed E-state index contributed by atoms with van der Waals surface area (Å²) in [6.45, 7) is 2.56. The molecule has 3 amide bonds. The highest BCUT2D eigenvalue weighted by Crippen LogP contribution is 2.27. The monoisotopic (exact) mass is 387 g/mol. The largest absolute Gasteiger partial charge is 0.464 e. The number of nitrogens with one attached hydrogen (secondary N) is 2. The van der Waals surface area contributed by atoms with E-state index in [2.05, 4.69) is 10.6 Å². The number of thiophene rings is 1. The quantitative estimate of drug-likeness (QED) is 0.768. The Balaban J connectivity index is 1.62. The first-order valence-corrected chi connectivity index (χ1v) is 9.60. The number of nitrogens with zero attached hydrogens (tertiary/aromatic N) is 1. The molecule has 0 radical (unpaired) electrons. The molecule has 8 heteroatoms. The van der Waals surface area contributed by atoms with Crippen LogP contribution in [0.25, 0.3) is 0 Å². The van der Waals surface area contributed by atoms with Crippen molar-refractivity contribution in [3.05, 3.63) is 47.3 Å². The first kappa shape index (κ1) is 18.9. The van der Waals surface area contributed by atoms with Gasteiger partial charge in [0.05, 0.1) is 16.5 Å². The van der Waals surface area contributed by atoms with Crippen molar-refractivity contribution in [1.29, 1.82) is 0 Å². The summed E-state index contributed by atoms with van der Waals surface area (Å²) in [5.74, 6) is -0.576. The van der Waals surface area contributed by atoms with Gasteiger partial charge in [0.25, 0.3) is 5.91 Å². The number of rotatable bonds is 5. The normalized spacial score (nSPS) is 16.0. The molecule has 0 aliphatic carbocycles. The third-order valence-electron chi connectivity index (χ3n) is 4.16. The number of benzene rings is 1. The van der Waals surface area contributed by atoms with Crippen LogP contribution >= 0.6 is 11.3 Å². The fourth-order valence-electron chi connectivity index (χ4n) is 2.95. The highest BCUT2D eigenvalue weighted by molar-refractivity contribution is 7.18. The summed E-state index contributed by atoms with van der Waals surface area (Å²) in [5, 5.41) is 5.99. The number of carbonyl (C=O) groups excluding carboxylic acids is 3. The molecule has 7 nitrogen and oxygen atoms in total. The summed E-state index contributed by atoms with van der Waals surface area (Å²) in [5.41, 5.74) is 0.678. The molecule has 1 saturated heterocycles. The summed E-state index contributed by atoms with van der Waals surface area (Å²) < 4.78 is 5.06. The summed E-state index contributed by atoms with van der Waals surface area (Å²) in [7, 11) is 0. The maximum absolute atomic E-state index is 12.8. The van der Waals surface area contributed by atoms with Crippen LogP contribution in [0.2, 0.25) is 0 Å². The van der Waals surface area contributed by atoms with Gasteiger partial charge in [0.2, 0.25) is 0 Å². The van der Waals surface area contributed by atoms with E-state index < -0.39 is 6.04 Å². The minimum absolute atomic E-state index is 0.216. The number of hydrogen-bond acceptors (Lipinski definition) is 5. The minimum Gasteiger partial charge on any atom is -0.464 e. The van der Waals surface area contributed by atoms with Gasteiger partial charge >= 0.3 is 12.0 Å². The molecular formula is C19H21N3O4S. The standard InChI is InChI=1S/C19H21N3O4S/c1-2-26-18(24)14-9-6-12-22(14)17(23)15-10-11-16(27-15)21-19(25)20-13-7-4-3-5-8-13/h3-5,7-8,10-11,14H,2,6,9,12H2,1H3,(H2,20,21,25)/t14-/m0/s1. The molecule has 0 bridgehead atoms. The van der Waals surface area contributed by atoms with Crippen molar-refractivity contribution in [3.8, 4) is 0 Å². The van der Waals surface area contributed by atoms with Crippen LogP contribution in [0.1, 0.15) is 29.4 Å². The van der Waals surface area contributed by atoms with Crippen molar-refractivity contribution < 1.29 is 19.1 Å². The van der Waals surface area contributed by atoms with Crippen molar-refractivity contribution in [3.63, 3.8) is 0 Å². The molecule has 1 aromatic heterocycles. The highest BCUT2D eigenvalue weighted by atomic mass is 32.1. The lowest BCUT2D eigenvalue weighted by Crippen LogP contribution is -2.41. The first-order valence-electron chi connectivity index (χ1n) is 8.79. The van der Waals surface area contributed by atoms with Crippen LogP contribution in [-0.2, 0) is 9.53 Å². The molecular weight excluding hydrogens is 366 g/mol. The van der Waals surface area contributed by atoms with Gasteiger partial charge in [-0.15, -0.1) is 11.3 Å². The first-order chi connectivity index (χ1) is 13.1. The number of para-hydroxylation sites is 1. The number of likely N-dealkylation sites (tertiary alicyclic amines) is 1. The van der Waals surface area contributed by atoms with Gasteiger partial charge in [-0.1, -0.05) is 18.2 Å². The Hall–Kier alpha value is -2.87. The molecule has 1 aliphatic rings. The number of esters is 1. The van der Waals surface area contributed by atoms with E-state index in [1.54, 1.807) is 36.1 Å². The van der Waals surface area contributed by atoms with Gasteiger partial charge in [-0.25, -0.2) is 9.59 Å². The molecule has 0 saturated carbocycles. The third kappa shape index (κ3) is 4.65. The summed E-state index contributed by atoms with van der Waals surface area (Å²) >= 11 is 1.18. The van der Waals surface area contributed by atoms with E-state index in [0.29, 0.717) is 35.1 Å². The Morgan fingerprint density at radius 2 is 1.93 bits per heavy atom. The van der Waals surface area contributed by atoms with Gasteiger partial charge < -0.3 is 15.0 Å². The Bertz CT molecular complexity index is 821. The lowest BCUT2D eigenvalue weighted by Gasteiger charge is -2.22. The topological polar surface area (TPSA) is 87.7 Å². The highest BCUT2D eigenvalue weighted by Gasteiger charge is 2.36. The zero-order valence-corrected chi connectivity index (χ0v) is 15.8. The van der Waals surface area contributed by atoms with Crippen LogP contribution in [-0.4, -0.2) is 42.0 Å². The van der Waals surface area contributed by atoms with Crippen molar-refractivity contribution in [2.75, 3.05) is 23.8 Å². The molecule has 2 aromatic rings. The van der Waals surface area contributed by atoms with Crippen molar-refractivity contribution in [2.45, 2.75) is 25.8 Å². The van der Waals surface area contributed by atoms with E-state index in [4.69, 9.17) is 4.74 Å². The molecule has 1 aliphatic heterocycles. The van der Waals surface area contributed by atoms with Gasteiger partial charge in [0, 0.05) is 12.2 Å². The molecule has 1 atom stereocenters. The third-order valence-corrected chi connectivity index (χ3v) is 5.15. The zero-order chi connectivity index (χ0) is 19.2. The van der Waals surface area contributed by atoms with Crippen LogP contribution < -0.4 is 10.6 Å². The van der Waals surface area contributed by atoms with E-state index in [-0.39, 0.29) is 17.9 Å². The van der Waals surface area contributed by atoms with Crippen LogP contribution in [0.15, 0.2) is 42.5 Å². The van der Waals surface area contributed by atoms with Gasteiger partial charge in [0.15, 0.2) is 0 Å². The fraction of sp³-hybridized carbons (Fsp3) is 0.316. The molecule has 1 fully saturated rings. The van der Waals surface area contributed by atoms with Crippen molar-refractivity contribution in [2.24, 2.45) is 0 Å². The fourth-order valence-corrected chi connectivity index (χ4v) is 3.81. The molecule has 142 valence electrons. The summed E-state index contributed by atoms with van der Waals surface area (Å²) in [4.78, 5) is 38.9. The van der Waals surface area contributed by atoms with Gasteiger partial charge in [-0.2, -0.15) is 0 Å². The minimum atomic E-state index is -0.530. The smallest absolute Gasteiger partial charge is 0.328 e. The van der Waals surface area contributed by atoms with Crippen molar-refractivity contribution in [1.82, 2.24) is 4.90 Å². The second kappa shape index (κ2) is 8.68. The Morgan fingerprint density at radius 3 is 2.67 bits per heavy atom. The Morgan fingerprint density at radius 1 is 1.15 bits per heavy atom. The van der Waals surface area contributed by atoms with Gasteiger partial charge in [-0.05, 0) is 44.0 Å². The molecule has 27 heavy (non-hydrogen) atoms. The van der Waals surface area contributed by atoms with E-state index in [9.17, 15) is 14.4 Å². The Kier molecular flexibility index (Phi) is 6.08. The van der Waals surface area contributed by atoms with Crippen LogP contribution in [0.5, 0.6) is 0 Å². The van der Waals surface area contributed by atoms with E-state index in [1.807, 2.05) is 18.2 Å². The molecule has 2 heterocycles. The van der Waals surface area contributed by atoms with Gasteiger partial charge in [0.1, 0.15) is 6.04 Å². The average molecular weight is 387 g/mol. The number of anilines is 2. The van der Waals surface area contributed by atoms with E-state index in [0.717, 1.165) is 6.42 Å². The molecule has 1 aromatic carbocycles. The number of hydrogen-bond donors (Lipinski definition) is 2. The summed E-state index contributed by atoms with van der Waals surface area (Å²) in [6, 6.07) is 11.5. The Labute approximate surface area is 161 Å². The molecule has 2 N–H and O–H groups in total. The summed E-state index contributed by atoms with van der Waals surface area (Å²) in [6.07, 6.45) is 1.38. The zero-order valence-electron chi connectivity index (χ0n) is 14.9. The second-order valence-corrected chi connectivity index (χ2v) is 7.10. The van der Waals surface area contributed by atoms with Crippen LogP contribution in [0, 0.1) is 0 Å². The van der Waals surface area contributed by atoms with Crippen LogP contribution in [0.4, 0.5) is 15.5 Å². The molecule has 0 spiro atoms. The predicted molar refractivity (Wildman–Crippen MR) is 104 cm³/mol. The SMILES string of the molecule is CCOC(=O)[C@@H]1CCCN1C(=O)c1ccc(NC(=O)Nc2ccccc2)s1. The van der Waals surface area contributed by atoms with Crippen LogP contribution in [0.3, 0.4) is 0 Å². The number of amides is 3. The number of carbonyl (C=O) groups is 3. The van der Waals surface area contributed by atoms with Gasteiger partial charge in [-0.3, -0.25) is 10.1 Å². The van der Waals surface area contributed by atoms with E-state index in [1.165, 1.54) is 11.3 Å². The lowest BCUT2D eigenvalue weighted by molar-refractivity contribution is -0.147. The lowest BCUT2D eigenvalue weighted by atomic mass is 10.2. The van der Waals surface area contributed by atoms with E-state index >= 15 is 0 Å². The maximum Gasteiger partial charge on any atom is 0.328 e. The number of ether oxygens (including phenoxy) is 1. The predicted octanol–water partition coefficient (Wildman–Crippen LogP) is 3.56. The van der Waals surface area contributed by atoms with Crippen molar-refractivity contribution >= 4 is 39.9 Å². The second-order valence-electron chi connectivity index (χ2n) is 6.02. The number of urea groups is 1. The maximum atomic E-state index is 12.8.